The second-order valence-electron chi connectivity index (χ2n) is 3.58. The number of phenolic OH excluding ortho intramolecular Hbond substituents is 1. The summed E-state index contributed by atoms with van der Waals surface area (Å²) in [5.74, 6) is -1.86. The molecule has 1 amide bonds. The Morgan fingerprint density at radius 3 is 2.56 bits per heavy atom. The number of aromatic carboxylic acids is 1. The first-order chi connectivity index (χ1) is 8.58. The molecule has 0 spiro atoms. The molecule has 0 bridgehead atoms. The van der Waals surface area contributed by atoms with Gasteiger partial charge in [-0.15, -0.1) is 0 Å². The van der Waals surface area contributed by atoms with Gasteiger partial charge in [0.15, 0.2) is 0 Å². The highest BCUT2D eigenvalue weighted by molar-refractivity contribution is 6.04. The van der Waals surface area contributed by atoms with E-state index in [1.807, 2.05) is 0 Å². The van der Waals surface area contributed by atoms with Gasteiger partial charge >= 0.3 is 5.97 Å². The van der Waals surface area contributed by atoms with E-state index in [9.17, 15) is 14.7 Å². The van der Waals surface area contributed by atoms with Crippen LogP contribution in [0.15, 0.2) is 36.5 Å². The second kappa shape index (κ2) is 4.62. The predicted octanol–water partition coefficient (Wildman–Crippen LogP) is 1.67. The molecule has 1 heterocycles. The summed E-state index contributed by atoms with van der Waals surface area (Å²) in [6, 6.07) is 6.96. The van der Waals surface area contributed by atoms with Crippen molar-refractivity contribution in [3.05, 3.63) is 47.8 Å². The van der Waals surface area contributed by atoms with E-state index in [0.29, 0.717) is 5.69 Å². The number of phenols is 1. The summed E-state index contributed by atoms with van der Waals surface area (Å²) in [5, 5.41) is 20.8. The lowest BCUT2D eigenvalue weighted by atomic mass is 10.2. The molecule has 0 fully saturated rings. The van der Waals surface area contributed by atoms with Crippen LogP contribution in [0.3, 0.4) is 0 Å². The average molecular weight is 246 g/mol. The highest BCUT2D eigenvalue weighted by Crippen LogP contribution is 2.24. The third-order valence-electron chi connectivity index (χ3n) is 2.34. The molecule has 0 aliphatic carbocycles. The standard InChI is InChI=1S/C12H10N2O4/c15-10-6-7(12(17)18)3-4-8(10)14-11(16)9-2-1-5-13-9/h1-6,13,15H,(H,14,16)(H,17,18). The number of H-pyrrole nitrogens is 1. The van der Waals surface area contributed by atoms with Crippen LogP contribution in [0, 0.1) is 0 Å². The number of carbonyl (C=O) groups excluding carboxylic acids is 1. The maximum atomic E-state index is 11.7. The van der Waals surface area contributed by atoms with Gasteiger partial charge in [0.25, 0.3) is 5.91 Å². The normalized spacial score (nSPS) is 10.0. The second-order valence-corrected chi connectivity index (χ2v) is 3.58. The molecule has 4 N–H and O–H groups in total. The summed E-state index contributed by atoms with van der Waals surface area (Å²) in [5.41, 5.74) is 0.446. The van der Waals surface area contributed by atoms with E-state index in [1.54, 1.807) is 18.3 Å². The number of amides is 1. The molecule has 6 heteroatoms. The van der Waals surface area contributed by atoms with Crippen LogP contribution >= 0.6 is 0 Å². The van der Waals surface area contributed by atoms with Gasteiger partial charge in [-0.25, -0.2) is 4.79 Å². The Balaban J connectivity index is 2.20. The zero-order chi connectivity index (χ0) is 13.1. The third-order valence-corrected chi connectivity index (χ3v) is 2.34. The lowest BCUT2D eigenvalue weighted by Crippen LogP contribution is -2.12. The molecule has 18 heavy (non-hydrogen) atoms. The lowest BCUT2D eigenvalue weighted by Gasteiger charge is -2.06. The number of rotatable bonds is 3. The van der Waals surface area contributed by atoms with Crippen molar-refractivity contribution < 1.29 is 19.8 Å². The number of aromatic hydroxyl groups is 1. The van der Waals surface area contributed by atoms with Gasteiger partial charge in [-0.2, -0.15) is 0 Å². The number of hydrogen-bond donors (Lipinski definition) is 4. The Morgan fingerprint density at radius 1 is 1.22 bits per heavy atom. The van der Waals surface area contributed by atoms with Crippen molar-refractivity contribution in [1.82, 2.24) is 4.98 Å². The number of anilines is 1. The van der Waals surface area contributed by atoms with Crippen molar-refractivity contribution in [2.45, 2.75) is 0 Å². The third kappa shape index (κ3) is 2.32. The number of benzene rings is 1. The zero-order valence-corrected chi connectivity index (χ0v) is 9.18. The molecule has 0 aliphatic heterocycles. The number of hydrogen-bond acceptors (Lipinski definition) is 3. The fraction of sp³-hybridized carbons (Fsp3) is 0. The van der Waals surface area contributed by atoms with Gasteiger partial charge in [0.2, 0.25) is 0 Å². The van der Waals surface area contributed by atoms with Crippen molar-refractivity contribution in [2.75, 3.05) is 5.32 Å². The van der Waals surface area contributed by atoms with Gasteiger partial charge in [-0.1, -0.05) is 0 Å². The van der Waals surface area contributed by atoms with Gasteiger partial charge in [0.1, 0.15) is 11.4 Å². The van der Waals surface area contributed by atoms with Crippen molar-refractivity contribution in [2.24, 2.45) is 0 Å². The quantitative estimate of drug-likeness (QED) is 0.618. The number of carboxylic acid groups (broad SMARTS) is 1. The van der Waals surface area contributed by atoms with Crippen molar-refractivity contribution in [1.29, 1.82) is 0 Å². The molecule has 0 radical (unpaired) electrons. The highest BCUT2D eigenvalue weighted by atomic mass is 16.4. The van der Waals surface area contributed by atoms with E-state index in [1.165, 1.54) is 12.1 Å². The monoisotopic (exact) mass is 246 g/mol. The molecule has 0 saturated carbocycles. The Labute approximate surface area is 102 Å². The molecule has 0 atom stereocenters. The van der Waals surface area contributed by atoms with E-state index < -0.39 is 11.9 Å². The van der Waals surface area contributed by atoms with Crippen LogP contribution in [0.5, 0.6) is 5.75 Å². The molecular formula is C12H10N2O4. The molecule has 1 aromatic carbocycles. The van der Waals surface area contributed by atoms with E-state index in [0.717, 1.165) is 6.07 Å². The summed E-state index contributed by atoms with van der Waals surface area (Å²) in [6.07, 6.45) is 1.60. The summed E-state index contributed by atoms with van der Waals surface area (Å²) in [4.78, 5) is 25.1. The fourth-order valence-corrected chi connectivity index (χ4v) is 1.43. The van der Waals surface area contributed by atoms with Crippen LogP contribution in [0.2, 0.25) is 0 Å². The van der Waals surface area contributed by atoms with Crippen LogP contribution in [0.4, 0.5) is 5.69 Å². The molecule has 0 unspecified atom stereocenters. The van der Waals surface area contributed by atoms with Crippen LogP contribution < -0.4 is 5.32 Å². The Bertz CT molecular complexity index is 590. The van der Waals surface area contributed by atoms with E-state index in [2.05, 4.69) is 10.3 Å². The van der Waals surface area contributed by atoms with E-state index in [-0.39, 0.29) is 17.0 Å². The Hall–Kier alpha value is -2.76. The summed E-state index contributed by atoms with van der Waals surface area (Å²) < 4.78 is 0. The largest absolute Gasteiger partial charge is 0.506 e. The average Bonchev–Trinajstić information content (AvgIpc) is 2.85. The van der Waals surface area contributed by atoms with Crippen molar-refractivity contribution >= 4 is 17.6 Å². The van der Waals surface area contributed by atoms with Crippen LogP contribution in [-0.2, 0) is 0 Å². The highest BCUT2D eigenvalue weighted by Gasteiger charge is 2.11. The summed E-state index contributed by atoms with van der Waals surface area (Å²) in [6.45, 7) is 0. The number of carboxylic acids is 1. The molecule has 2 rings (SSSR count). The Morgan fingerprint density at radius 2 is 2.00 bits per heavy atom. The minimum atomic E-state index is -1.15. The minimum absolute atomic E-state index is 0.0506. The van der Waals surface area contributed by atoms with Crippen LogP contribution in [0.1, 0.15) is 20.8 Å². The zero-order valence-electron chi connectivity index (χ0n) is 9.18. The van der Waals surface area contributed by atoms with Crippen LogP contribution in [0.25, 0.3) is 0 Å². The number of carbonyl (C=O) groups is 2. The van der Waals surface area contributed by atoms with E-state index >= 15 is 0 Å². The first kappa shape index (κ1) is 11.7. The van der Waals surface area contributed by atoms with Gasteiger partial charge in [0, 0.05) is 6.20 Å². The van der Waals surface area contributed by atoms with Crippen LogP contribution in [-0.4, -0.2) is 27.1 Å². The first-order valence-corrected chi connectivity index (χ1v) is 5.09. The minimum Gasteiger partial charge on any atom is -0.506 e. The molecule has 0 saturated heterocycles. The predicted molar refractivity (Wildman–Crippen MR) is 63.8 cm³/mol. The fourth-order valence-electron chi connectivity index (χ4n) is 1.43. The molecule has 1 aromatic heterocycles. The topological polar surface area (TPSA) is 102 Å². The molecule has 92 valence electrons. The van der Waals surface area contributed by atoms with Crippen molar-refractivity contribution in [3.8, 4) is 5.75 Å². The van der Waals surface area contributed by atoms with E-state index in [4.69, 9.17) is 5.11 Å². The molecule has 0 aliphatic rings. The number of nitrogens with one attached hydrogen (secondary N) is 2. The molecule has 2 aromatic rings. The van der Waals surface area contributed by atoms with Crippen molar-refractivity contribution in [3.63, 3.8) is 0 Å². The molecular weight excluding hydrogens is 236 g/mol. The SMILES string of the molecule is O=C(O)c1ccc(NC(=O)c2ccc[nH]2)c(O)c1. The first-order valence-electron chi connectivity index (χ1n) is 5.09. The number of aromatic nitrogens is 1. The smallest absolute Gasteiger partial charge is 0.335 e. The van der Waals surface area contributed by atoms with Gasteiger partial charge in [-0.05, 0) is 30.3 Å². The lowest BCUT2D eigenvalue weighted by molar-refractivity contribution is 0.0696. The maximum Gasteiger partial charge on any atom is 0.335 e. The van der Waals surface area contributed by atoms with Gasteiger partial charge in [0.05, 0.1) is 11.3 Å². The maximum absolute atomic E-state index is 11.7. The summed E-state index contributed by atoms with van der Waals surface area (Å²) >= 11 is 0. The summed E-state index contributed by atoms with van der Waals surface area (Å²) in [7, 11) is 0. The van der Waals surface area contributed by atoms with Gasteiger partial charge < -0.3 is 20.5 Å². The Kier molecular flexibility index (Phi) is 3.01. The van der Waals surface area contributed by atoms with Gasteiger partial charge in [-0.3, -0.25) is 4.79 Å². The molecule has 6 nitrogen and oxygen atoms in total. The number of aromatic amines is 1.